The lowest BCUT2D eigenvalue weighted by molar-refractivity contribution is 0.0711. The van der Waals surface area contributed by atoms with Gasteiger partial charge in [0.25, 0.3) is 5.91 Å². The molecule has 0 unspecified atom stereocenters. The Morgan fingerprint density at radius 3 is 2.40 bits per heavy atom. The maximum Gasteiger partial charge on any atom is 0.255 e. The van der Waals surface area contributed by atoms with Crippen LogP contribution >= 0.6 is 0 Å². The molecule has 2 aromatic rings. The smallest absolute Gasteiger partial charge is 0.255 e. The van der Waals surface area contributed by atoms with E-state index in [4.69, 9.17) is 5.73 Å². The highest BCUT2D eigenvalue weighted by molar-refractivity contribution is 5.95. The summed E-state index contributed by atoms with van der Waals surface area (Å²) in [6.07, 6.45) is 7.96. The molecule has 2 N–H and O–H groups in total. The molecule has 0 bridgehead atoms. The van der Waals surface area contributed by atoms with E-state index in [1.165, 1.54) is 5.56 Å². The third kappa shape index (κ3) is 3.42. The van der Waals surface area contributed by atoms with E-state index < -0.39 is 0 Å². The molecule has 25 heavy (non-hydrogen) atoms. The fourth-order valence-electron chi connectivity index (χ4n) is 3.70. The normalized spacial score (nSPS) is 18.4. The maximum atomic E-state index is 13.0. The molecule has 5 nitrogen and oxygen atoms in total. The van der Waals surface area contributed by atoms with Crippen molar-refractivity contribution in [1.82, 2.24) is 14.9 Å². The zero-order valence-corrected chi connectivity index (χ0v) is 14.4. The Labute approximate surface area is 148 Å². The Morgan fingerprint density at radius 1 is 1.04 bits per heavy atom. The van der Waals surface area contributed by atoms with Crippen LogP contribution in [-0.2, 0) is 6.54 Å². The zero-order chi connectivity index (χ0) is 17.2. The van der Waals surface area contributed by atoms with Crippen LogP contribution in [0.3, 0.4) is 0 Å². The van der Waals surface area contributed by atoms with Crippen LogP contribution in [0.5, 0.6) is 0 Å². The Kier molecular flexibility index (Phi) is 4.49. The predicted molar refractivity (Wildman–Crippen MR) is 96.2 cm³/mol. The van der Waals surface area contributed by atoms with Crippen molar-refractivity contribution in [1.29, 1.82) is 0 Å². The topological polar surface area (TPSA) is 72.1 Å². The van der Waals surface area contributed by atoms with Crippen LogP contribution in [0, 0.1) is 0 Å². The lowest BCUT2D eigenvalue weighted by atomic mass is 9.90. The largest absolute Gasteiger partial charge is 0.339 e. The fraction of sp³-hybridized carbons (Fsp3) is 0.450. The van der Waals surface area contributed by atoms with Gasteiger partial charge in [0, 0.05) is 37.9 Å². The minimum absolute atomic E-state index is 0.131. The van der Waals surface area contributed by atoms with Crippen LogP contribution in [0.4, 0.5) is 0 Å². The monoisotopic (exact) mass is 336 g/mol. The number of carbonyl (C=O) groups is 1. The third-order valence-electron chi connectivity index (χ3n) is 5.35. The first-order valence-corrected chi connectivity index (χ1v) is 9.15. The van der Waals surface area contributed by atoms with Crippen LogP contribution < -0.4 is 5.73 Å². The lowest BCUT2D eigenvalue weighted by Crippen LogP contribution is -2.38. The number of pyridine rings is 2. The van der Waals surface area contributed by atoms with Gasteiger partial charge in [-0.1, -0.05) is 0 Å². The molecule has 0 radical (unpaired) electrons. The Bertz CT molecular complexity index is 750. The van der Waals surface area contributed by atoms with Gasteiger partial charge in [0.05, 0.1) is 17.0 Å². The molecule has 1 amide bonds. The Balaban J connectivity index is 1.47. The molecule has 2 aliphatic rings. The molecular formula is C20H24N4O. The average molecular weight is 336 g/mol. The second kappa shape index (κ2) is 6.92. The van der Waals surface area contributed by atoms with Crippen molar-refractivity contribution in [3.63, 3.8) is 0 Å². The van der Waals surface area contributed by atoms with Crippen molar-refractivity contribution < 1.29 is 4.79 Å². The van der Waals surface area contributed by atoms with E-state index in [0.29, 0.717) is 18.4 Å². The molecule has 4 rings (SSSR count). The third-order valence-corrected chi connectivity index (χ3v) is 5.35. The number of piperidine rings is 1. The van der Waals surface area contributed by atoms with Crippen LogP contribution in [0.15, 0.2) is 36.7 Å². The molecule has 130 valence electrons. The summed E-state index contributed by atoms with van der Waals surface area (Å²) in [6.45, 7) is 2.02. The molecule has 0 spiro atoms. The van der Waals surface area contributed by atoms with Gasteiger partial charge in [0.2, 0.25) is 0 Å². The van der Waals surface area contributed by atoms with E-state index in [1.54, 1.807) is 0 Å². The van der Waals surface area contributed by atoms with E-state index in [2.05, 4.69) is 22.1 Å². The van der Waals surface area contributed by atoms with Gasteiger partial charge in [-0.15, -0.1) is 0 Å². The van der Waals surface area contributed by atoms with Gasteiger partial charge in [0.15, 0.2) is 0 Å². The summed E-state index contributed by atoms with van der Waals surface area (Å²) < 4.78 is 0. The number of nitrogens with two attached hydrogens (primary N) is 1. The molecule has 1 aliphatic carbocycles. The number of likely N-dealkylation sites (tertiary alicyclic amines) is 1. The summed E-state index contributed by atoms with van der Waals surface area (Å²) in [5.74, 6) is 1.10. The first-order chi connectivity index (χ1) is 12.3. The van der Waals surface area contributed by atoms with Gasteiger partial charge in [-0.3, -0.25) is 14.8 Å². The van der Waals surface area contributed by atoms with E-state index >= 15 is 0 Å². The summed E-state index contributed by atoms with van der Waals surface area (Å²) >= 11 is 0. The quantitative estimate of drug-likeness (QED) is 0.932. The van der Waals surface area contributed by atoms with E-state index in [0.717, 1.165) is 55.7 Å². The molecule has 0 atom stereocenters. The molecule has 1 saturated heterocycles. The van der Waals surface area contributed by atoms with Crippen LogP contribution in [0.2, 0.25) is 0 Å². The number of hydrogen-bond donors (Lipinski definition) is 1. The van der Waals surface area contributed by atoms with Crippen molar-refractivity contribution in [2.75, 3.05) is 13.1 Å². The SMILES string of the molecule is NCc1ccc(C(=O)N2CCC(c3ccncc3)CC2)c(C2CC2)n1. The van der Waals surface area contributed by atoms with E-state index in [1.807, 2.05) is 29.4 Å². The zero-order valence-electron chi connectivity index (χ0n) is 14.4. The first-order valence-electron chi connectivity index (χ1n) is 9.15. The second-order valence-corrected chi connectivity index (χ2v) is 7.06. The lowest BCUT2D eigenvalue weighted by Gasteiger charge is -2.32. The van der Waals surface area contributed by atoms with Crippen molar-refractivity contribution >= 4 is 5.91 Å². The minimum Gasteiger partial charge on any atom is -0.339 e. The highest BCUT2D eigenvalue weighted by Crippen LogP contribution is 2.41. The number of rotatable bonds is 4. The van der Waals surface area contributed by atoms with Gasteiger partial charge in [0.1, 0.15) is 0 Å². The van der Waals surface area contributed by atoms with Gasteiger partial charge in [-0.2, -0.15) is 0 Å². The summed E-state index contributed by atoms with van der Waals surface area (Å²) in [5, 5.41) is 0. The van der Waals surface area contributed by atoms with Crippen LogP contribution in [-0.4, -0.2) is 33.9 Å². The number of nitrogens with zero attached hydrogens (tertiary/aromatic N) is 3. The van der Waals surface area contributed by atoms with Crippen molar-refractivity contribution in [2.24, 2.45) is 5.73 Å². The van der Waals surface area contributed by atoms with Crippen molar-refractivity contribution in [3.8, 4) is 0 Å². The van der Waals surface area contributed by atoms with Gasteiger partial charge in [-0.05, 0) is 61.4 Å². The highest BCUT2D eigenvalue weighted by atomic mass is 16.2. The Morgan fingerprint density at radius 2 is 1.76 bits per heavy atom. The van der Waals surface area contributed by atoms with Crippen molar-refractivity contribution in [2.45, 2.75) is 44.1 Å². The molecule has 0 aromatic carbocycles. The molecule has 1 aliphatic heterocycles. The minimum atomic E-state index is 0.131. The van der Waals surface area contributed by atoms with E-state index in [-0.39, 0.29) is 5.91 Å². The summed E-state index contributed by atoms with van der Waals surface area (Å²) in [4.78, 5) is 23.8. The van der Waals surface area contributed by atoms with Crippen LogP contribution in [0.25, 0.3) is 0 Å². The number of amides is 1. The summed E-state index contributed by atoms with van der Waals surface area (Å²) in [7, 11) is 0. The summed E-state index contributed by atoms with van der Waals surface area (Å²) in [6, 6.07) is 7.99. The molecule has 5 heteroatoms. The summed E-state index contributed by atoms with van der Waals surface area (Å²) in [5.41, 5.74) is 9.66. The Hall–Kier alpha value is -2.27. The van der Waals surface area contributed by atoms with Gasteiger partial charge in [-0.25, -0.2) is 0 Å². The average Bonchev–Trinajstić information content (AvgIpc) is 3.53. The second-order valence-electron chi connectivity index (χ2n) is 7.06. The van der Waals surface area contributed by atoms with Gasteiger partial charge < -0.3 is 10.6 Å². The number of carbonyl (C=O) groups excluding carboxylic acids is 1. The fourth-order valence-corrected chi connectivity index (χ4v) is 3.70. The predicted octanol–water partition coefficient (Wildman–Crippen LogP) is 2.83. The number of hydrogen-bond acceptors (Lipinski definition) is 4. The first kappa shape index (κ1) is 16.2. The number of aromatic nitrogens is 2. The molecule has 3 heterocycles. The molecule has 2 fully saturated rings. The molecular weight excluding hydrogens is 312 g/mol. The van der Waals surface area contributed by atoms with Crippen LogP contribution in [0.1, 0.15) is 64.8 Å². The molecule has 1 saturated carbocycles. The van der Waals surface area contributed by atoms with Crippen molar-refractivity contribution in [3.05, 3.63) is 59.2 Å². The highest BCUT2D eigenvalue weighted by Gasteiger charge is 2.32. The molecule has 2 aromatic heterocycles. The van der Waals surface area contributed by atoms with Gasteiger partial charge >= 0.3 is 0 Å². The standard InChI is InChI=1S/C20H24N4O/c21-13-17-3-4-18(19(23-17)16-1-2-16)20(25)24-11-7-15(8-12-24)14-5-9-22-10-6-14/h3-6,9-10,15-16H,1-2,7-8,11-13,21H2. The van der Waals surface area contributed by atoms with E-state index in [9.17, 15) is 4.79 Å². The maximum absolute atomic E-state index is 13.0.